The minimum absolute atomic E-state index is 0.0664. The summed E-state index contributed by atoms with van der Waals surface area (Å²) >= 11 is 0. The van der Waals surface area contributed by atoms with Gasteiger partial charge in [-0.2, -0.15) is 0 Å². The Morgan fingerprint density at radius 2 is 1.86 bits per heavy atom. The van der Waals surface area contributed by atoms with E-state index in [1.54, 1.807) is 0 Å². The first-order valence-electron chi connectivity index (χ1n) is 7.39. The number of amides is 1. The fourth-order valence-corrected chi connectivity index (χ4v) is 2.86. The van der Waals surface area contributed by atoms with E-state index in [0.29, 0.717) is 18.9 Å². The van der Waals surface area contributed by atoms with Crippen LogP contribution in [-0.4, -0.2) is 18.5 Å². The van der Waals surface area contributed by atoms with E-state index in [4.69, 9.17) is 5.73 Å². The Morgan fingerprint density at radius 3 is 2.62 bits per heavy atom. The van der Waals surface area contributed by atoms with Crippen molar-refractivity contribution in [1.82, 2.24) is 5.32 Å². The fourth-order valence-electron chi connectivity index (χ4n) is 2.86. The maximum atomic E-state index is 12.1. The molecular weight excluding hydrogens is 260 g/mol. The van der Waals surface area contributed by atoms with Crippen molar-refractivity contribution in [2.24, 2.45) is 5.73 Å². The zero-order valence-corrected chi connectivity index (χ0v) is 12.0. The summed E-state index contributed by atoms with van der Waals surface area (Å²) in [6.45, 7) is 0.679. The molecule has 0 fully saturated rings. The topological polar surface area (TPSA) is 55.1 Å². The van der Waals surface area contributed by atoms with Crippen LogP contribution in [0.3, 0.4) is 0 Å². The second-order valence-electron chi connectivity index (χ2n) is 5.64. The highest BCUT2D eigenvalue weighted by Gasteiger charge is 2.26. The highest BCUT2D eigenvalue weighted by atomic mass is 16.2. The van der Waals surface area contributed by atoms with E-state index < -0.39 is 6.04 Å². The predicted molar refractivity (Wildman–Crippen MR) is 84.0 cm³/mol. The molecule has 1 unspecified atom stereocenters. The molecule has 1 aliphatic carbocycles. The van der Waals surface area contributed by atoms with E-state index in [2.05, 4.69) is 23.5 Å². The first-order chi connectivity index (χ1) is 10.2. The monoisotopic (exact) mass is 280 g/mol. The quantitative estimate of drug-likeness (QED) is 0.880. The molecule has 21 heavy (non-hydrogen) atoms. The lowest BCUT2D eigenvalue weighted by Gasteiger charge is -2.30. The van der Waals surface area contributed by atoms with Gasteiger partial charge in [-0.3, -0.25) is 4.79 Å². The summed E-state index contributed by atoms with van der Waals surface area (Å²) in [5.41, 5.74) is 9.82. The minimum Gasteiger partial charge on any atom is -0.354 e. The first kappa shape index (κ1) is 13.8. The molecule has 3 nitrogen and oxygen atoms in total. The van der Waals surface area contributed by atoms with E-state index in [1.807, 2.05) is 36.4 Å². The summed E-state index contributed by atoms with van der Waals surface area (Å²) in [5.74, 6) is 0.373. The Hall–Kier alpha value is -2.13. The van der Waals surface area contributed by atoms with Gasteiger partial charge in [0.15, 0.2) is 0 Å². The molecule has 2 aromatic rings. The molecule has 0 radical (unpaired) electrons. The molecule has 0 saturated heterocycles. The van der Waals surface area contributed by atoms with Crippen molar-refractivity contribution in [1.29, 1.82) is 0 Å². The second-order valence-corrected chi connectivity index (χ2v) is 5.64. The Labute approximate surface area is 125 Å². The highest BCUT2D eigenvalue weighted by molar-refractivity contribution is 5.81. The lowest BCUT2D eigenvalue weighted by Crippen LogP contribution is -2.44. The second kappa shape index (κ2) is 6.10. The summed E-state index contributed by atoms with van der Waals surface area (Å²) in [5, 5.41) is 2.98. The van der Waals surface area contributed by atoms with Crippen LogP contribution in [0.5, 0.6) is 0 Å². The molecule has 3 heteroatoms. The lowest BCUT2D eigenvalue weighted by atomic mass is 9.77. The van der Waals surface area contributed by atoms with Gasteiger partial charge in [0, 0.05) is 12.5 Å². The van der Waals surface area contributed by atoms with Crippen LogP contribution in [0.4, 0.5) is 0 Å². The fraction of sp³-hybridized carbons (Fsp3) is 0.278. The summed E-state index contributed by atoms with van der Waals surface area (Å²) in [6.07, 6.45) is 1.62. The van der Waals surface area contributed by atoms with Gasteiger partial charge in [-0.1, -0.05) is 54.6 Å². The first-order valence-corrected chi connectivity index (χ1v) is 7.39. The molecule has 1 amide bonds. The molecule has 3 N–H and O–H groups in total. The van der Waals surface area contributed by atoms with Crippen molar-refractivity contribution in [2.75, 3.05) is 6.54 Å². The third-order valence-electron chi connectivity index (χ3n) is 4.12. The third kappa shape index (κ3) is 3.14. The standard InChI is InChI=1S/C18H20N2O/c19-17(10-13-6-2-1-3-7-13)18(21)20-12-15-11-14-8-4-5-9-16(14)15/h1-9,15,17H,10-12,19H2,(H,20,21)/t15?,17-/m0/s1. The molecule has 0 aliphatic heterocycles. The van der Waals surface area contributed by atoms with Gasteiger partial charge in [-0.25, -0.2) is 0 Å². The van der Waals surface area contributed by atoms with Gasteiger partial charge < -0.3 is 11.1 Å². The van der Waals surface area contributed by atoms with Crippen molar-refractivity contribution < 1.29 is 4.79 Å². The van der Waals surface area contributed by atoms with Gasteiger partial charge in [-0.05, 0) is 29.5 Å². The van der Waals surface area contributed by atoms with Crippen LogP contribution in [0.1, 0.15) is 22.6 Å². The van der Waals surface area contributed by atoms with E-state index in [-0.39, 0.29) is 5.91 Å². The molecule has 3 rings (SSSR count). The van der Waals surface area contributed by atoms with Crippen LogP contribution in [0.15, 0.2) is 54.6 Å². The number of carbonyl (C=O) groups excluding carboxylic acids is 1. The smallest absolute Gasteiger partial charge is 0.237 e. The maximum absolute atomic E-state index is 12.1. The van der Waals surface area contributed by atoms with Crippen molar-refractivity contribution in [2.45, 2.75) is 24.8 Å². The van der Waals surface area contributed by atoms with E-state index >= 15 is 0 Å². The Bertz CT molecular complexity index is 624. The summed E-state index contributed by atoms with van der Waals surface area (Å²) < 4.78 is 0. The molecule has 0 spiro atoms. The van der Waals surface area contributed by atoms with Crippen LogP contribution in [0.2, 0.25) is 0 Å². The normalized spacial score (nSPS) is 17.5. The minimum atomic E-state index is -0.484. The van der Waals surface area contributed by atoms with Crippen molar-refractivity contribution in [3.8, 4) is 0 Å². The Morgan fingerprint density at radius 1 is 1.14 bits per heavy atom. The highest BCUT2D eigenvalue weighted by Crippen LogP contribution is 2.33. The largest absolute Gasteiger partial charge is 0.354 e. The molecule has 0 saturated carbocycles. The number of fused-ring (bicyclic) bond motifs is 1. The van der Waals surface area contributed by atoms with Crippen LogP contribution < -0.4 is 11.1 Å². The third-order valence-corrected chi connectivity index (χ3v) is 4.12. The summed E-state index contributed by atoms with van der Waals surface area (Å²) in [4.78, 5) is 12.1. The van der Waals surface area contributed by atoms with Gasteiger partial charge >= 0.3 is 0 Å². The SMILES string of the molecule is N[C@@H](Cc1ccccc1)C(=O)NCC1Cc2ccccc21. The number of carbonyl (C=O) groups is 1. The van der Waals surface area contributed by atoms with Crippen LogP contribution in [0.25, 0.3) is 0 Å². The zero-order valence-electron chi connectivity index (χ0n) is 12.0. The number of hydrogen-bond acceptors (Lipinski definition) is 2. The van der Waals surface area contributed by atoms with Gasteiger partial charge in [0.25, 0.3) is 0 Å². The number of rotatable bonds is 5. The summed E-state index contributed by atoms with van der Waals surface area (Å²) in [6, 6.07) is 17.8. The Kier molecular flexibility index (Phi) is 4.02. The van der Waals surface area contributed by atoms with Gasteiger partial charge in [-0.15, -0.1) is 0 Å². The number of nitrogens with two attached hydrogens (primary N) is 1. The zero-order chi connectivity index (χ0) is 14.7. The van der Waals surface area contributed by atoms with Crippen molar-refractivity contribution in [3.05, 3.63) is 71.3 Å². The van der Waals surface area contributed by atoms with E-state index in [9.17, 15) is 4.79 Å². The summed E-state index contributed by atoms with van der Waals surface area (Å²) in [7, 11) is 0. The average molecular weight is 280 g/mol. The van der Waals surface area contributed by atoms with Crippen LogP contribution >= 0.6 is 0 Å². The predicted octanol–water partition coefficient (Wildman–Crippen LogP) is 2.01. The lowest BCUT2D eigenvalue weighted by molar-refractivity contribution is -0.122. The van der Waals surface area contributed by atoms with Crippen molar-refractivity contribution in [3.63, 3.8) is 0 Å². The number of hydrogen-bond donors (Lipinski definition) is 2. The molecule has 0 bridgehead atoms. The molecular formula is C18H20N2O. The molecule has 1 aliphatic rings. The molecule has 0 aromatic heterocycles. The van der Waals surface area contributed by atoms with E-state index in [0.717, 1.165) is 12.0 Å². The van der Waals surface area contributed by atoms with Gasteiger partial charge in [0.05, 0.1) is 6.04 Å². The van der Waals surface area contributed by atoms with Gasteiger partial charge in [0.2, 0.25) is 5.91 Å². The molecule has 2 atom stereocenters. The number of benzene rings is 2. The maximum Gasteiger partial charge on any atom is 0.237 e. The van der Waals surface area contributed by atoms with Gasteiger partial charge in [0.1, 0.15) is 0 Å². The van der Waals surface area contributed by atoms with Crippen LogP contribution in [-0.2, 0) is 17.6 Å². The molecule has 2 aromatic carbocycles. The average Bonchev–Trinajstić information content (AvgIpc) is 2.49. The van der Waals surface area contributed by atoms with Crippen molar-refractivity contribution >= 4 is 5.91 Å². The molecule has 108 valence electrons. The molecule has 0 heterocycles. The van der Waals surface area contributed by atoms with E-state index in [1.165, 1.54) is 11.1 Å². The Balaban J connectivity index is 1.49. The number of nitrogens with one attached hydrogen (secondary N) is 1. The van der Waals surface area contributed by atoms with Crippen LogP contribution in [0, 0.1) is 0 Å².